The van der Waals surface area contributed by atoms with E-state index in [0.717, 1.165) is 16.5 Å². The third-order valence-corrected chi connectivity index (χ3v) is 4.09. The summed E-state index contributed by atoms with van der Waals surface area (Å²) in [4.78, 5) is 17.0. The summed E-state index contributed by atoms with van der Waals surface area (Å²) in [6.45, 7) is 3.32. The van der Waals surface area contributed by atoms with Gasteiger partial charge in [0, 0.05) is 23.6 Å². The highest BCUT2D eigenvalue weighted by molar-refractivity contribution is 5.95. The summed E-state index contributed by atoms with van der Waals surface area (Å²) in [6.07, 6.45) is 3.78. The van der Waals surface area contributed by atoms with Gasteiger partial charge in [-0.25, -0.2) is 9.78 Å². The third kappa shape index (κ3) is 2.53. The first-order chi connectivity index (χ1) is 11.8. The Labute approximate surface area is 139 Å². The SMILES string of the molecule is CCOC(=O)c1nc2cc3c(cc2cc1-[n+]1ccccc1)COC3. The highest BCUT2D eigenvalue weighted by Gasteiger charge is 2.24. The van der Waals surface area contributed by atoms with E-state index in [9.17, 15) is 4.79 Å². The van der Waals surface area contributed by atoms with Gasteiger partial charge in [-0.2, -0.15) is 4.57 Å². The van der Waals surface area contributed by atoms with Gasteiger partial charge in [-0.05, 0) is 30.2 Å². The lowest BCUT2D eigenvalue weighted by atomic mass is 10.1. The lowest BCUT2D eigenvalue weighted by molar-refractivity contribution is -0.596. The molecule has 0 radical (unpaired) electrons. The topological polar surface area (TPSA) is 52.3 Å². The van der Waals surface area contributed by atoms with Crippen LogP contribution >= 0.6 is 0 Å². The molecule has 0 amide bonds. The zero-order chi connectivity index (χ0) is 16.5. The van der Waals surface area contributed by atoms with Crippen molar-refractivity contribution in [2.24, 2.45) is 0 Å². The first-order valence-corrected chi connectivity index (χ1v) is 7.94. The zero-order valence-electron chi connectivity index (χ0n) is 13.4. The van der Waals surface area contributed by atoms with Gasteiger partial charge < -0.3 is 9.47 Å². The molecular formula is C19H17N2O3+. The van der Waals surface area contributed by atoms with Gasteiger partial charge in [0.2, 0.25) is 11.4 Å². The second-order valence-corrected chi connectivity index (χ2v) is 5.67. The van der Waals surface area contributed by atoms with E-state index < -0.39 is 5.97 Å². The predicted octanol–water partition coefficient (Wildman–Crippen LogP) is 2.72. The molecule has 3 aromatic rings. The number of nitrogens with zero attached hydrogens (tertiary/aromatic N) is 2. The van der Waals surface area contributed by atoms with Crippen LogP contribution in [-0.2, 0) is 22.7 Å². The molecule has 24 heavy (non-hydrogen) atoms. The van der Waals surface area contributed by atoms with Crippen molar-refractivity contribution < 1.29 is 18.8 Å². The lowest BCUT2D eigenvalue weighted by Crippen LogP contribution is -2.32. The maximum atomic E-state index is 12.4. The summed E-state index contributed by atoms with van der Waals surface area (Å²) >= 11 is 0. The van der Waals surface area contributed by atoms with E-state index in [2.05, 4.69) is 11.1 Å². The van der Waals surface area contributed by atoms with Crippen molar-refractivity contribution in [2.45, 2.75) is 20.1 Å². The smallest absolute Gasteiger partial charge is 0.363 e. The highest BCUT2D eigenvalue weighted by Crippen LogP contribution is 2.26. The van der Waals surface area contributed by atoms with Crippen LogP contribution in [0.1, 0.15) is 28.5 Å². The normalized spacial score (nSPS) is 13.0. The van der Waals surface area contributed by atoms with Gasteiger partial charge in [-0.15, -0.1) is 0 Å². The van der Waals surface area contributed by atoms with Gasteiger partial charge >= 0.3 is 5.97 Å². The molecule has 0 fully saturated rings. The Bertz CT molecular complexity index is 923. The Balaban J connectivity index is 1.95. The van der Waals surface area contributed by atoms with Crippen molar-refractivity contribution in [3.63, 3.8) is 0 Å². The molecule has 1 aromatic carbocycles. The Hall–Kier alpha value is -2.79. The average Bonchev–Trinajstić information content (AvgIpc) is 3.06. The molecule has 3 heterocycles. The number of benzene rings is 1. The summed E-state index contributed by atoms with van der Waals surface area (Å²) in [5, 5.41) is 0.985. The largest absolute Gasteiger partial charge is 0.461 e. The molecule has 0 saturated heterocycles. The number of hydrogen-bond acceptors (Lipinski definition) is 4. The van der Waals surface area contributed by atoms with Crippen molar-refractivity contribution >= 4 is 16.9 Å². The van der Waals surface area contributed by atoms with Crippen LogP contribution in [0.5, 0.6) is 0 Å². The molecule has 5 heteroatoms. The van der Waals surface area contributed by atoms with Crippen LogP contribution in [0.15, 0.2) is 48.8 Å². The molecule has 0 bridgehead atoms. The Kier molecular flexibility index (Phi) is 3.70. The van der Waals surface area contributed by atoms with Crippen LogP contribution in [0.3, 0.4) is 0 Å². The summed E-state index contributed by atoms with van der Waals surface area (Å²) in [6, 6.07) is 11.8. The molecular weight excluding hydrogens is 304 g/mol. The van der Waals surface area contributed by atoms with Crippen LogP contribution in [-0.4, -0.2) is 17.6 Å². The van der Waals surface area contributed by atoms with E-state index >= 15 is 0 Å². The van der Waals surface area contributed by atoms with Crippen LogP contribution in [0.2, 0.25) is 0 Å². The van der Waals surface area contributed by atoms with Crippen molar-refractivity contribution in [2.75, 3.05) is 6.61 Å². The second-order valence-electron chi connectivity index (χ2n) is 5.67. The van der Waals surface area contributed by atoms with E-state index in [4.69, 9.17) is 9.47 Å². The summed E-state index contributed by atoms with van der Waals surface area (Å²) in [5.41, 5.74) is 4.12. The fourth-order valence-electron chi connectivity index (χ4n) is 2.95. The van der Waals surface area contributed by atoms with Gasteiger partial charge in [-0.1, -0.05) is 6.07 Å². The number of fused-ring (bicyclic) bond motifs is 2. The molecule has 0 saturated carbocycles. The molecule has 4 rings (SSSR count). The van der Waals surface area contributed by atoms with Gasteiger partial charge in [0.1, 0.15) is 0 Å². The van der Waals surface area contributed by atoms with Crippen LogP contribution < -0.4 is 4.57 Å². The molecule has 0 spiro atoms. The first-order valence-electron chi connectivity index (χ1n) is 7.94. The number of carbonyl (C=O) groups is 1. The number of hydrogen-bond donors (Lipinski definition) is 0. The van der Waals surface area contributed by atoms with E-state index in [-0.39, 0.29) is 0 Å². The average molecular weight is 321 g/mol. The monoisotopic (exact) mass is 321 g/mol. The Morgan fingerprint density at radius 3 is 2.67 bits per heavy atom. The first kappa shape index (κ1) is 14.8. The fourth-order valence-corrected chi connectivity index (χ4v) is 2.95. The minimum absolute atomic E-state index is 0.315. The molecule has 120 valence electrons. The van der Waals surface area contributed by atoms with Gasteiger partial charge in [0.05, 0.1) is 25.3 Å². The fraction of sp³-hybridized carbons (Fsp3) is 0.211. The lowest BCUT2D eigenvalue weighted by Gasteiger charge is -2.07. The Morgan fingerprint density at radius 1 is 1.17 bits per heavy atom. The van der Waals surface area contributed by atoms with Crippen LogP contribution in [0.25, 0.3) is 16.6 Å². The van der Waals surface area contributed by atoms with Crippen molar-refractivity contribution in [1.29, 1.82) is 0 Å². The maximum absolute atomic E-state index is 12.4. The molecule has 5 nitrogen and oxygen atoms in total. The second kappa shape index (κ2) is 6.02. The maximum Gasteiger partial charge on any atom is 0.363 e. The molecule has 0 aliphatic carbocycles. The summed E-state index contributed by atoms with van der Waals surface area (Å²) in [5.74, 6) is -0.414. The van der Waals surface area contributed by atoms with Gasteiger partial charge in [0.25, 0.3) is 0 Å². The molecule has 0 atom stereocenters. The number of carbonyl (C=O) groups excluding carboxylic acids is 1. The predicted molar refractivity (Wildman–Crippen MR) is 87.7 cm³/mol. The number of esters is 1. The number of aromatic nitrogens is 2. The Morgan fingerprint density at radius 2 is 1.92 bits per heavy atom. The van der Waals surface area contributed by atoms with Crippen molar-refractivity contribution in [1.82, 2.24) is 4.98 Å². The van der Waals surface area contributed by atoms with E-state index in [1.165, 1.54) is 5.56 Å². The van der Waals surface area contributed by atoms with E-state index in [1.807, 2.05) is 47.3 Å². The van der Waals surface area contributed by atoms with Crippen LogP contribution in [0.4, 0.5) is 0 Å². The van der Waals surface area contributed by atoms with Gasteiger partial charge in [0.15, 0.2) is 12.4 Å². The standard InChI is InChI=1S/C19H17N2O3/c1-2-24-19(22)18-17(21-6-4-3-5-7-21)10-13-8-14-11-23-12-15(14)9-16(13)20-18/h3-10H,2,11-12H2,1H3/q+1. The number of pyridine rings is 2. The number of ether oxygens (including phenoxy) is 2. The minimum Gasteiger partial charge on any atom is -0.461 e. The minimum atomic E-state index is -0.414. The highest BCUT2D eigenvalue weighted by atomic mass is 16.5. The van der Waals surface area contributed by atoms with E-state index in [0.29, 0.717) is 31.2 Å². The summed E-state index contributed by atoms with van der Waals surface area (Å²) < 4.78 is 12.6. The van der Waals surface area contributed by atoms with E-state index in [1.54, 1.807) is 6.92 Å². The zero-order valence-corrected chi connectivity index (χ0v) is 13.4. The molecule has 1 aliphatic rings. The summed E-state index contributed by atoms with van der Waals surface area (Å²) in [7, 11) is 0. The molecule has 1 aliphatic heterocycles. The van der Waals surface area contributed by atoms with Crippen LogP contribution in [0, 0.1) is 0 Å². The van der Waals surface area contributed by atoms with Crippen molar-refractivity contribution in [3.05, 3.63) is 65.6 Å². The molecule has 2 aromatic heterocycles. The third-order valence-electron chi connectivity index (χ3n) is 4.09. The molecule has 0 N–H and O–H groups in total. The van der Waals surface area contributed by atoms with Gasteiger partial charge in [-0.3, -0.25) is 0 Å². The number of rotatable bonds is 3. The van der Waals surface area contributed by atoms with Crippen molar-refractivity contribution in [3.8, 4) is 5.69 Å². The quantitative estimate of drug-likeness (QED) is 0.550. The molecule has 0 unspecified atom stereocenters.